The first kappa shape index (κ1) is 25.5. The molecule has 0 atom stereocenters. The number of nitriles is 1. The molecule has 0 saturated heterocycles. The molecule has 7 nitrogen and oxygen atoms in total. The van der Waals surface area contributed by atoms with Crippen LogP contribution in [0.3, 0.4) is 0 Å². The van der Waals surface area contributed by atoms with Crippen LogP contribution in [0.1, 0.15) is 18.1 Å². The fraction of sp³-hybridized carbons (Fsp3) is 0.148. The highest BCUT2D eigenvalue weighted by molar-refractivity contribution is 9.10. The predicted molar refractivity (Wildman–Crippen MR) is 139 cm³/mol. The van der Waals surface area contributed by atoms with E-state index in [1.54, 1.807) is 42.5 Å². The molecule has 3 aromatic carbocycles. The summed E-state index contributed by atoms with van der Waals surface area (Å²) in [5.41, 5.74) is 2.80. The summed E-state index contributed by atoms with van der Waals surface area (Å²) < 4.78 is 11.6. The standard InChI is InChI=1S/C27H24BrN3O4/c1-3-34-22-11-9-21(10-12-22)30-27(33)20(16-29)14-19-8-13-25(23(28)15-19)35-17-26(32)31-24-7-5-4-6-18(24)2/h4-15H,3,17H2,1-2H3,(H,30,33)(H,31,32)/b20-14+. The van der Waals surface area contributed by atoms with Crippen LogP contribution < -0.4 is 20.1 Å². The molecule has 0 heterocycles. The van der Waals surface area contributed by atoms with E-state index in [0.717, 1.165) is 11.3 Å². The van der Waals surface area contributed by atoms with E-state index in [9.17, 15) is 14.9 Å². The van der Waals surface area contributed by atoms with Gasteiger partial charge in [0.25, 0.3) is 11.8 Å². The molecule has 0 radical (unpaired) electrons. The van der Waals surface area contributed by atoms with Gasteiger partial charge < -0.3 is 20.1 Å². The van der Waals surface area contributed by atoms with E-state index >= 15 is 0 Å². The molecule has 0 spiro atoms. The monoisotopic (exact) mass is 533 g/mol. The second kappa shape index (κ2) is 12.4. The number of anilines is 2. The van der Waals surface area contributed by atoms with Crippen LogP contribution in [0.15, 0.2) is 76.8 Å². The third-order valence-electron chi connectivity index (χ3n) is 4.83. The molecule has 0 fully saturated rings. The molecule has 0 aliphatic carbocycles. The number of amides is 2. The fourth-order valence-electron chi connectivity index (χ4n) is 3.08. The van der Waals surface area contributed by atoms with Crippen LogP contribution >= 0.6 is 15.9 Å². The van der Waals surface area contributed by atoms with Gasteiger partial charge in [-0.25, -0.2) is 0 Å². The van der Waals surface area contributed by atoms with Crippen molar-refractivity contribution in [1.82, 2.24) is 0 Å². The van der Waals surface area contributed by atoms with Crippen LogP contribution in [0.2, 0.25) is 0 Å². The zero-order chi connectivity index (χ0) is 25.2. The van der Waals surface area contributed by atoms with E-state index in [2.05, 4.69) is 26.6 Å². The molecule has 8 heteroatoms. The minimum atomic E-state index is -0.527. The molecule has 0 saturated carbocycles. The SMILES string of the molecule is CCOc1ccc(NC(=O)/C(C#N)=C/c2ccc(OCC(=O)Nc3ccccc3C)c(Br)c2)cc1. The van der Waals surface area contributed by atoms with Crippen LogP contribution in [-0.2, 0) is 9.59 Å². The maximum atomic E-state index is 12.5. The summed E-state index contributed by atoms with van der Waals surface area (Å²) in [5, 5.41) is 15.0. The van der Waals surface area contributed by atoms with Gasteiger partial charge in [-0.15, -0.1) is 0 Å². The van der Waals surface area contributed by atoms with Gasteiger partial charge in [-0.3, -0.25) is 9.59 Å². The fourth-order valence-corrected chi connectivity index (χ4v) is 3.59. The Bertz CT molecular complexity index is 1280. The van der Waals surface area contributed by atoms with E-state index in [1.165, 1.54) is 6.08 Å². The summed E-state index contributed by atoms with van der Waals surface area (Å²) in [6, 6.07) is 21.4. The van der Waals surface area contributed by atoms with Crippen LogP contribution in [0.5, 0.6) is 11.5 Å². The molecule has 3 rings (SSSR count). The average Bonchev–Trinajstić information content (AvgIpc) is 2.84. The molecule has 0 aliphatic rings. The van der Waals surface area contributed by atoms with Crippen LogP contribution in [0.4, 0.5) is 11.4 Å². The topological polar surface area (TPSA) is 100 Å². The van der Waals surface area contributed by atoms with Crippen molar-refractivity contribution in [3.05, 3.63) is 87.9 Å². The maximum absolute atomic E-state index is 12.5. The Hall–Kier alpha value is -4.09. The van der Waals surface area contributed by atoms with Crippen molar-refractivity contribution in [2.75, 3.05) is 23.8 Å². The van der Waals surface area contributed by atoms with Crippen LogP contribution in [0, 0.1) is 18.3 Å². The number of aryl methyl sites for hydroxylation is 1. The summed E-state index contributed by atoms with van der Waals surface area (Å²) in [4.78, 5) is 24.8. The lowest BCUT2D eigenvalue weighted by molar-refractivity contribution is -0.118. The van der Waals surface area contributed by atoms with Gasteiger partial charge in [0, 0.05) is 11.4 Å². The Labute approximate surface area is 212 Å². The first-order valence-corrected chi connectivity index (χ1v) is 11.6. The second-order valence-electron chi connectivity index (χ2n) is 7.42. The van der Waals surface area contributed by atoms with Crippen molar-refractivity contribution < 1.29 is 19.1 Å². The summed E-state index contributed by atoms with van der Waals surface area (Å²) in [5.74, 6) is 0.342. The summed E-state index contributed by atoms with van der Waals surface area (Å²) >= 11 is 3.42. The maximum Gasteiger partial charge on any atom is 0.266 e. The summed E-state index contributed by atoms with van der Waals surface area (Å²) in [7, 11) is 0. The lowest BCUT2D eigenvalue weighted by Gasteiger charge is -2.11. The van der Waals surface area contributed by atoms with Crippen molar-refractivity contribution >= 4 is 45.2 Å². The smallest absolute Gasteiger partial charge is 0.266 e. The number of carbonyl (C=O) groups excluding carboxylic acids is 2. The lowest BCUT2D eigenvalue weighted by atomic mass is 10.1. The van der Waals surface area contributed by atoms with Gasteiger partial charge in [-0.05, 0) is 89.4 Å². The summed E-state index contributed by atoms with van der Waals surface area (Å²) in [6.07, 6.45) is 1.48. The van der Waals surface area contributed by atoms with E-state index in [-0.39, 0.29) is 18.1 Å². The number of carbonyl (C=O) groups is 2. The number of benzene rings is 3. The first-order valence-electron chi connectivity index (χ1n) is 10.8. The zero-order valence-corrected chi connectivity index (χ0v) is 20.9. The average molecular weight is 534 g/mol. The molecule has 0 bridgehead atoms. The molecule has 0 aromatic heterocycles. The number of halogens is 1. The zero-order valence-electron chi connectivity index (χ0n) is 19.3. The quantitative estimate of drug-likeness (QED) is 0.270. The van der Waals surface area contributed by atoms with Gasteiger partial charge in [0.05, 0.1) is 11.1 Å². The van der Waals surface area contributed by atoms with Gasteiger partial charge in [-0.2, -0.15) is 5.26 Å². The molecule has 0 aliphatic heterocycles. The molecule has 178 valence electrons. The Kier molecular flexibility index (Phi) is 9.04. The van der Waals surface area contributed by atoms with Crippen molar-refractivity contribution in [1.29, 1.82) is 5.26 Å². The lowest BCUT2D eigenvalue weighted by Crippen LogP contribution is -2.20. The molecule has 35 heavy (non-hydrogen) atoms. The third kappa shape index (κ3) is 7.45. The molecular weight excluding hydrogens is 510 g/mol. The molecular formula is C27H24BrN3O4. The highest BCUT2D eigenvalue weighted by atomic mass is 79.9. The number of para-hydroxylation sites is 1. The molecule has 3 aromatic rings. The van der Waals surface area contributed by atoms with Gasteiger partial charge >= 0.3 is 0 Å². The highest BCUT2D eigenvalue weighted by Gasteiger charge is 2.12. The molecule has 2 N–H and O–H groups in total. The third-order valence-corrected chi connectivity index (χ3v) is 5.45. The minimum absolute atomic E-state index is 0.0583. The van der Waals surface area contributed by atoms with Gasteiger partial charge in [0.15, 0.2) is 6.61 Å². The van der Waals surface area contributed by atoms with Crippen LogP contribution in [-0.4, -0.2) is 25.0 Å². The number of rotatable bonds is 9. The number of ether oxygens (including phenoxy) is 2. The second-order valence-corrected chi connectivity index (χ2v) is 8.28. The highest BCUT2D eigenvalue weighted by Crippen LogP contribution is 2.27. The van der Waals surface area contributed by atoms with E-state index in [1.807, 2.05) is 44.2 Å². The van der Waals surface area contributed by atoms with Crippen molar-refractivity contribution in [3.8, 4) is 17.6 Å². The number of nitrogens with zero attached hydrogens (tertiary/aromatic N) is 1. The molecule has 0 unspecified atom stereocenters. The molecule has 2 amide bonds. The van der Waals surface area contributed by atoms with Crippen molar-refractivity contribution in [3.63, 3.8) is 0 Å². The van der Waals surface area contributed by atoms with E-state index < -0.39 is 5.91 Å². The van der Waals surface area contributed by atoms with Gasteiger partial charge in [0.1, 0.15) is 23.1 Å². The van der Waals surface area contributed by atoms with Gasteiger partial charge in [-0.1, -0.05) is 24.3 Å². The Morgan fingerprint density at radius 1 is 1.03 bits per heavy atom. The minimum Gasteiger partial charge on any atom is -0.494 e. The Balaban J connectivity index is 1.62. The van der Waals surface area contributed by atoms with E-state index in [4.69, 9.17) is 9.47 Å². The number of hydrogen-bond donors (Lipinski definition) is 2. The van der Waals surface area contributed by atoms with Crippen molar-refractivity contribution in [2.45, 2.75) is 13.8 Å². The number of hydrogen-bond acceptors (Lipinski definition) is 5. The normalized spacial score (nSPS) is 10.7. The van der Waals surface area contributed by atoms with Crippen molar-refractivity contribution in [2.24, 2.45) is 0 Å². The summed E-state index contributed by atoms with van der Waals surface area (Å²) in [6.45, 7) is 4.18. The Morgan fingerprint density at radius 3 is 2.43 bits per heavy atom. The van der Waals surface area contributed by atoms with E-state index in [0.29, 0.717) is 33.8 Å². The number of nitrogens with one attached hydrogen (secondary N) is 2. The first-order chi connectivity index (χ1) is 16.9. The Morgan fingerprint density at radius 2 is 1.77 bits per heavy atom. The largest absolute Gasteiger partial charge is 0.494 e. The predicted octanol–water partition coefficient (Wildman–Crippen LogP) is 5.72. The van der Waals surface area contributed by atoms with Crippen LogP contribution in [0.25, 0.3) is 6.08 Å². The van der Waals surface area contributed by atoms with Gasteiger partial charge in [0.2, 0.25) is 0 Å².